The number of aliphatic hydroxyl groups excluding tert-OH is 1. The Hall–Kier alpha value is -2.65. The third-order valence-electron chi connectivity index (χ3n) is 9.04. The Morgan fingerprint density at radius 1 is 1.12 bits per heavy atom. The van der Waals surface area contributed by atoms with Crippen LogP contribution < -0.4 is 10.6 Å². The summed E-state index contributed by atoms with van der Waals surface area (Å²) < 4.78 is 6.83. The number of carbonyl (C=O) groups is 1. The summed E-state index contributed by atoms with van der Waals surface area (Å²) in [7, 11) is -2.09. The van der Waals surface area contributed by atoms with Crippen LogP contribution in [0.4, 0.5) is 0 Å². The summed E-state index contributed by atoms with van der Waals surface area (Å²) in [6, 6.07) is 13.8. The van der Waals surface area contributed by atoms with E-state index in [-0.39, 0.29) is 35.4 Å². The minimum Gasteiger partial charge on any atom is -0.508 e. The van der Waals surface area contributed by atoms with E-state index in [1.54, 1.807) is 6.07 Å². The summed E-state index contributed by atoms with van der Waals surface area (Å²) in [5.41, 5.74) is 4.23. The van der Waals surface area contributed by atoms with Gasteiger partial charge in [-0.15, -0.1) is 0 Å². The van der Waals surface area contributed by atoms with Crippen molar-refractivity contribution < 1.29 is 19.4 Å². The second-order valence-corrected chi connectivity index (χ2v) is 18.1. The molecule has 0 saturated heterocycles. The number of aromatic hydroxyl groups is 1. The average Bonchev–Trinajstić information content (AvgIpc) is 3.59. The number of nitrogens with one attached hydrogen (secondary N) is 3. The molecule has 1 aliphatic rings. The number of aliphatic hydroxyl groups is 1. The van der Waals surface area contributed by atoms with Gasteiger partial charge in [0.25, 0.3) is 5.91 Å². The number of aromatic nitrogens is 1. The number of H-pyrrole nitrogens is 1. The first-order valence-electron chi connectivity index (χ1n) is 15.1. The zero-order valence-electron chi connectivity index (χ0n) is 25.6. The van der Waals surface area contributed by atoms with Crippen LogP contribution >= 0.6 is 0 Å². The lowest BCUT2D eigenvalue weighted by molar-refractivity contribution is 0.0943. The monoisotopic (exact) mass is 579 g/mol. The molecule has 0 unspecified atom stereocenters. The molecule has 1 saturated carbocycles. The van der Waals surface area contributed by atoms with Gasteiger partial charge in [0.1, 0.15) is 11.4 Å². The smallest absolute Gasteiger partial charge is 0.267 e. The summed E-state index contributed by atoms with van der Waals surface area (Å²) in [6.07, 6.45) is 5.59. The Balaban J connectivity index is 1.41. The normalized spacial score (nSPS) is 16.3. The van der Waals surface area contributed by atoms with Crippen molar-refractivity contribution in [3.05, 3.63) is 64.8 Å². The second kappa shape index (κ2) is 13.1. The van der Waals surface area contributed by atoms with E-state index in [0.29, 0.717) is 23.7 Å². The summed E-state index contributed by atoms with van der Waals surface area (Å²) in [6.45, 7) is 14.5. The Morgan fingerprint density at radius 2 is 1.85 bits per heavy atom. The van der Waals surface area contributed by atoms with E-state index < -0.39 is 8.32 Å². The molecule has 0 spiro atoms. The maximum atomic E-state index is 12.7. The van der Waals surface area contributed by atoms with Gasteiger partial charge >= 0.3 is 0 Å². The van der Waals surface area contributed by atoms with Crippen molar-refractivity contribution in [1.82, 2.24) is 15.6 Å². The van der Waals surface area contributed by atoms with E-state index in [2.05, 4.69) is 74.6 Å². The van der Waals surface area contributed by atoms with E-state index in [4.69, 9.17) is 4.43 Å². The quantitative estimate of drug-likeness (QED) is 0.156. The number of phenols is 1. The van der Waals surface area contributed by atoms with E-state index in [1.807, 2.05) is 18.2 Å². The highest BCUT2D eigenvalue weighted by molar-refractivity contribution is 6.74. The molecule has 0 radical (unpaired) electrons. The molecule has 2 aromatic carbocycles. The Kier molecular flexibility index (Phi) is 10.0. The van der Waals surface area contributed by atoms with Crippen LogP contribution in [0.1, 0.15) is 86.7 Å². The number of fused-ring (bicyclic) bond motifs is 1. The lowest BCUT2D eigenvalue weighted by Crippen LogP contribution is -2.44. The fraction of sp³-hybridized carbons (Fsp3) is 0.545. The fourth-order valence-electron chi connectivity index (χ4n) is 5.40. The highest BCUT2D eigenvalue weighted by atomic mass is 28.4. The highest BCUT2D eigenvalue weighted by Gasteiger charge is 2.39. The standard InChI is InChI=1S/C33H49N3O4Si/c1-22(34-20-31(40-41(5,6)33(2,3)4)25-12-14-30(38)27(17-25)21-37)15-24-11-13-28-26(16-24)18-29(36-28)32(39)35-19-23-9-7-8-10-23/h11-14,16-18,22-23,31,34,36-38H,7-10,15,19-21H2,1-6H3,(H,35,39)/t22-,31-/m1/s1. The largest absolute Gasteiger partial charge is 0.508 e. The van der Waals surface area contributed by atoms with Crippen LogP contribution in [-0.4, -0.2) is 48.6 Å². The molecule has 2 atom stereocenters. The van der Waals surface area contributed by atoms with E-state index in [0.717, 1.165) is 29.4 Å². The molecule has 1 aliphatic carbocycles. The molecule has 3 aromatic rings. The van der Waals surface area contributed by atoms with Crippen molar-refractivity contribution in [2.24, 2.45) is 5.92 Å². The number of benzene rings is 2. The van der Waals surface area contributed by atoms with Crippen molar-refractivity contribution in [2.45, 2.75) is 96.7 Å². The molecule has 224 valence electrons. The van der Waals surface area contributed by atoms with Gasteiger partial charge in [0.05, 0.1) is 12.7 Å². The van der Waals surface area contributed by atoms with E-state index in [9.17, 15) is 15.0 Å². The van der Waals surface area contributed by atoms with E-state index in [1.165, 1.54) is 31.2 Å². The molecule has 0 aliphatic heterocycles. The molecule has 1 fully saturated rings. The van der Waals surface area contributed by atoms with Crippen LogP contribution in [0.3, 0.4) is 0 Å². The summed E-state index contributed by atoms with van der Waals surface area (Å²) >= 11 is 0. The molecule has 5 N–H and O–H groups in total. The summed E-state index contributed by atoms with van der Waals surface area (Å²) in [5.74, 6) is 0.677. The first kappa shape index (κ1) is 31.3. The molecular weight excluding hydrogens is 530 g/mol. The Labute approximate surface area is 246 Å². The van der Waals surface area contributed by atoms with Crippen LogP contribution in [0.5, 0.6) is 5.75 Å². The minimum atomic E-state index is -2.09. The number of hydrogen-bond acceptors (Lipinski definition) is 5. The highest BCUT2D eigenvalue weighted by Crippen LogP contribution is 2.40. The van der Waals surface area contributed by atoms with Gasteiger partial charge in [-0.05, 0) is 91.7 Å². The van der Waals surface area contributed by atoms with Gasteiger partial charge in [0.15, 0.2) is 8.32 Å². The SMILES string of the molecule is C[C@H](Cc1ccc2[nH]c(C(=O)NCC3CCCC3)cc2c1)NC[C@@H](O[Si](C)(C)C(C)(C)C)c1ccc(O)c(CO)c1. The molecule has 1 aromatic heterocycles. The van der Waals surface area contributed by atoms with Gasteiger partial charge in [-0.25, -0.2) is 0 Å². The molecule has 0 bridgehead atoms. The molecule has 8 heteroatoms. The van der Waals surface area contributed by atoms with Gasteiger partial charge in [-0.3, -0.25) is 4.79 Å². The van der Waals surface area contributed by atoms with Crippen molar-refractivity contribution in [1.29, 1.82) is 0 Å². The second-order valence-electron chi connectivity index (χ2n) is 13.4. The Bertz CT molecular complexity index is 1320. The van der Waals surface area contributed by atoms with Crippen molar-refractivity contribution in [2.75, 3.05) is 13.1 Å². The van der Waals surface area contributed by atoms with Gasteiger partial charge in [0, 0.05) is 35.6 Å². The first-order valence-corrected chi connectivity index (χ1v) is 18.0. The predicted molar refractivity (Wildman–Crippen MR) is 169 cm³/mol. The third-order valence-corrected chi connectivity index (χ3v) is 13.5. The zero-order chi connectivity index (χ0) is 29.8. The summed E-state index contributed by atoms with van der Waals surface area (Å²) in [5, 5.41) is 27.7. The molecule has 1 heterocycles. The Morgan fingerprint density at radius 3 is 2.54 bits per heavy atom. The van der Waals surface area contributed by atoms with Crippen molar-refractivity contribution in [3.63, 3.8) is 0 Å². The molecule has 1 amide bonds. The molecule has 4 rings (SSSR count). The van der Waals surface area contributed by atoms with Crippen LogP contribution in [0.2, 0.25) is 18.1 Å². The molecule has 7 nitrogen and oxygen atoms in total. The lowest BCUT2D eigenvalue weighted by atomic mass is 10.0. The van der Waals surface area contributed by atoms with Crippen LogP contribution in [0.25, 0.3) is 10.9 Å². The van der Waals surface area contributed by atoms with Crippen LogP contribution in [-0.2, 0) is 17.5 Å². The van der Waals surface area contributed by atoms with Gasteiger partial charge in [0.2, 0.25) is 0 Å². The fourth-order valence-corrected chi connectivity index (χ4v) is 6.69. The zero-order valence-corrected chi connectivity index (χ0v) is 26.6. The first-order chi connectivity index (χ1) is 19.4. The average molecular weight is 580 g/mol. The lowest BCUT2D eigenvalue weighted by Gasteiger charge is -2.40. The molecular formula is C33H49N3O4Si. The molecule has 41 heavy (non-hydrogen) atoms. The number of aromatic amines is 1. The number of amides is 1. The van der Waals surface area contributed by atoms with Crippen molar-refractivity contribution >= 4 is 25.1 Å². The topological polar surface area (TPSA) is 107 Å². The number of hydrogen-bond donors (Lipinski definition) is 5. The van der Waals surface area contributed by atoms with Crippen LogP contribution in [0, 0.1) is 5.92 Å². The van der Waals surface area contributed by atoms with Crippen molar-refractivity contribution in [3.8, 4) is 5.75 Å². The van der Waals surface area contributed by atoms with Gasteiger partial charge in [-0.2, -0.15) is 0 Å². The maximum Gasteiger partial charge on any atom is 0.267 e. The van der Waals surface area contributed by atoms with Crippen LogP contribution in [0.15, 0.2) is 42.5 Å². The van der Waals surface area contributed by atoms with Gasteiger partial charge in [-0.1, -0.05) is 45.7 Å². The minimum absolute atomic E-state index is 0.0314. The maximum absolute atomic E-state index is 12.7. The predicted octanol–water partition coefficient (Wildman–Crippen LogP) is 6.57. The van der Waals surface area contributed by atoms with Gasteiger partial charge < -0.3 is 30.3 Å². The number of carbonyl (C=O) groups excluding carboxylic acids is 1. The summed E-state index contributed by atoms with van der Waals surface area (Å²) in [4.78, 5) is 16.0. The van der Waals surface area contributed by atoms with E-state index >= 15 is 0 Å². The number of rotatable bonds is 12. The third kappa shape index (κ3) is 8.01.